The van der Waals surface area contributed by atoms with Gasteiger partial charge in [-0.15, -0.1) is 0 Å². The van der Waals surface area contributed by atoms with E-state index >= 15 is 0 Å². The van der Waals surface area contributed by atoms with E-state index in [0.717, 1.165) is 26.1 Å². The number of rotatable bonds is 3. The van der Waals surface area contributed by atoms with Crippen molar-refractivity contribution < 1.29 is 0 Å². The molecule has 2 aromatic carbocycles. The first kappa shape index (κ1) is 13.3. The third-order valence-electron chi connectivity index (χ3n) is 4.00. The van der Waals surface area contributed by atoms with Crippen LogP contribution in [0.4, 0.5) is 0 Å². The van der Waals surface area contributed by atoms with Gasteiger partial charge in [-0.3, -0.25) is 0 Å². The summed E-state index contributed by atoms with van der Waals surface area (Å²) in [4.78, 5) is 2.40. The molecule has 104 valence electrons. The lowest BCUT2D eigenvalue weighted by Crippen LogP contribution is -2.49. The zero-order chi connectivity index (χ0) is 13.8. The quantitative estimate of drug-likeness (QED) is 0.919. The molecule has 0 radical (unpaired) electrons. The van der Waals surface area contributed by atoms with E-state index in [4.69, 9.17) is 0 Å². The normalized spacial score (nSPS) is 19.9. The van der Waals surface area contributed by atoms with E-state index in [-0.39, 0.29) is 0 Å². The molecule has 0 aromatic heterocycles. The standard InChI is InChI=1S/C18H22N2/c1-20-12-11-19-18(14-20)13-15-7-9-17(10-8-15)16-5-3-2-4-6-16/h2-10,18-19H,11-14H2,1H3. The molecule has 2 nitrogen and oxygen atoms in total. The molecular formula is C18H22N2. The van der Waals surface area contributed by atoms with Crippen molar-refractivity contribution in [3.05, 3.63) is 60.2 Å². The molecule has 1 saturated heterocycles. The highest BCUT2D eigenvalue weighted by molar-refractivity contribution is 5.63. The van der Waals surface area contributed by atoms with E-state index < -0.39 is 0 Å². The minimum absolute atomic E-state index is 0.580. The second kappa shape index (κ2) is 6.21. The molecule has 0 spiro atoms. The number of benzene rings is 2. The number of nitrogens with zero attached hydrogens (tertiary/aromatic N) is 1. The lowest BCUT2D eigenvalue weighted by atomic mass is 10.00. The Balaban J connectivity index is 1.67. The van der Waals surface area contributed by atoms with Gasteiger partial charge in [0.2, 0.25) is 0 Å². The monoisotopic (exact) mass is 266 g/mol. The smallest absolute Gasteiger partial charge is 0.0235 e. The largest absolute Gasteiger partial charge is 0.311 e. The summed E-state index contributed by atoms with van der Waals surface area (Å²) < 4.78 is 0. The molecule has 20 heavy (non-hydrogen) atoms. The molecule has 1 fully saturated rings. The maximum absolute atomic E-state index is 3.60. The number of likely N-dealkylation sites (N-methyl/N-ethyl adjacent to an activating group) is 1. The molecular weight excluding hydrogens is 244 g/mol. The van der Waals surface area contributed by atoms with Gasteiger partial charge in [-0.25, -0.2) is 0 Å². The topological polar surface area (TPSA) is 15.3 Å². The summed E-state index contributed by atoms with van der Waals surface area (Å²) in [6.45, 7) is 3.40. The van der Waals surface area contributed by atoms with Gasteiger partial charge < -0.3 is 10.2 Å². The van der Waals surface area contributed by atoms with Gasteiger partial charge in [0.05, 0.1) is 0 Å². The molecule has 1 heterocycles. The molecule has 2 heteroatoms. The summed E-state index contributed by atoms with van der Waals surface area (Å²) in [6, 6.07) is 20.1. The molecule has 3 rings (SSSR count). The van der Waals surface area contributed by atoms with Crippen LogP contribution in [0.1, 0.15) is 5.56 Å². The molecule has 1 unspecified atom stereocenters. The van der Waals surface area contributed by atoms with Crippen molar-refractivity contribution in [2.45, 2.75) is 12.5 Å². The minimum Gasteiger partial charge on any atom is -0.311 e. The first-order chi connectivity index (χ1) is 9.81. The second-order valence-electron chi connectivity index (χ2n) is 5.68. The summed E-state index contributed by atoms with van der Waals surface area (Å²) in [7, 11) is 2.20. The lowest BCUT2D eigenvalue weighted by molar-refractivity contribution is 0.238. The molecule has 0 aliphatic carbocycles. The van der Waals surface area contributed by atoms with E-state index in [0.29, 0.717) is 6.04 Å². The van der Waals surface area contributed by atoms with Crippen LogP contribution < -0.4 is 5.32 Å². The first-order valence-electron chi connectivity index (χ1n) is 7.37. The van der Waals surface area contributed by atoms with Crippen molar-refractivity contribution in [2.24, 2.45) is 0 Å². The number of nitrogens with one attached hydrogen (secondary N) is 1. The fourth-order valence-electron chi connectivity index (χ4n) is 2.88. The SMILES string of the molecule is CN1CCNC(Cc2ccc(-c3ccccc3)cc2)C1. The Morgan fingerprint density at radius 2 is 1.70 bits per heavy atom. The minimum atomic E-state index is 0.580. The van der Waals surface area contributed by atoms with Gasteiger partial charge in [-0.05, 0) is 30.2 Å². The maximum Gasteiger partial charge on any atom is 0.0235 e. The highest BCUT2D eigenvalue weighted by Gasteiger charge is 2.16. The van der Waals surface area contributed by atoms with Gasteiger partial charge in [0.1, 0.15) is 0 Å². The van der Waals surface area contributed by atoms with Crippen LogP contribution >= 0.6 is 0 Å². The van der Waals surface area contributed by atoms with Crippen LogP contribution in [0.2, 0.25) is 0 Å². The third kappa shape index (κ3) is 3.27. The Hall–Kier alpha value is -1.64. The summed E-state index contributed by atoms with van der Waals surface area (Å²) in [5.74, 6) is 0. The number of piperazine rings is 1. The molecule has 1 atom stereocenters. The van der Waals surface area contributed by atoms with Crippen LogP contribution in [0.25, 0.3) is 11.1 Å². The Bertz CT molecular complexity index is 533. The Morgan fingerprint density at radius 3 is 2.40 bits per heavy atom. The fraction of sp³-hybridized carbons (Fsp3) is 0.333. The van der Waals surface area contributed by atoms with E-state index in [1.165, 1.54) is 16.7 Å². The Labute approximate surface area is 121 Å². The van der Waals surface area contributed by atoms with Crippen molar-refractivity contribution in [3.8, 4) is 11.1 Å². The van der Waals surface area contributed by atoms with Crippen molar-refractivity contribution in [2.75, 3.05) is 26.7 Å². The molecule has 1 aliphatic rings. The van der Waals surface area contributed by atoms with Crippen LogP contribution in [0.3, 0.4) is 0 Å². The van der Waals surface area contributed by atoms with Gasteiger partial charge in [-0.2, -0.15) is 0 Å². The zero-order valence-electron chi connectivity index (χ0n) is 12.0. The molecule has 2 aromatic rings. The predicted octanol–water partition coefficient (Wildman–Crippen LogP) is 2.80. The molecule has 1 aliphatic heterocycles. The van der Waals surface area contributed by atoms with Crippen molar-refractivity contribution in [3.63, 3.8) is 0 Å². The molecule has 0 bridgehead atoms. The summed E-state index contributed by atoms with van der Waals surface area (Å²) in [5, 5.41) is 3.60. The highest BCUT2D eigenvalue weighted by atomic mass is 15.2. The van der Waals surface area contributed by atoms with Crippen LogP contribution in [0, 0.1) is 0 Å². The number of hydrogen-bond acceptors (Lipinski definition) is 2. The van der Waals surface area contributed by atoms with E-state index in [1.54, 1.807) is 0 Å². The maximum atomic E-state index is 3.60. The van der Waals surface area contributed by atoms with Crippen LogP contribution in [0.15, 0.2) is 54.6 Å². The summed E-state index contributed by atoms with van der Waals surface area (Å²) in [6.07, 6.45) is 1.11. The van der Waals surface area contributed by atoms with Gasteiger partial charge in [-0.1, -0.05) is 54.6 Å². The van der Waals surface area contributed by atoms with Gasteiger partial charge in [0.25, 0.3) is 0 Å². The predicted molar refractivity (Wildman–Crippen MR) is 84.9 cm³/mol. The first-order valence-corrected chi connectivity index (χ1v) is 7.37. The van der Waals surface area contributed by atoms with Crippen molar-refractivity contribution in [1.29, 1.82) is 0 Å². The molecule has 1 N–H and O–H groups in total. The van der Waals surface area contributed by atoms with Crippen molar-refractivity contribution in [1.82, 2.24) is 10.2 Å². The van der Waals surface area contributed by atoms with E-state index in [2.05, 4.69) is 71.9 Å². The summed E-state index contributed by atoms with van der Waals surface area (Å²) in [5.41, 5.74) is 4.00. The average molecular weight is 266 g/mol. The zero-order valence-corrected chi connectivity index (χ0v) is 12.0. The number of hydrogen-bond donors (Lipinski definition) is 1. The van der Waals surface area contributed by atoms with Gasteiger partial charge in [0.15, 0.2) is 0 Å². The second-order valence-corrected chi connectivity index (χ2v) is 5.68. The van der Waals surface area contributed by atoms with Gasteiger partial charge in [0, 0.05) is 25.7 Å². The third-order valence-corrected chi connectivity index (χ3v) is 4.00. The van der Waals surface area contributed by atoms with Crippen LogP contribution in [-0.4, -0.2) is 37.6 Å². The van der Waals surface area contributed by atoms with E-state index in [1.807, 2.05) is 0 Å². The summed E-state index contributed by atoms with van der Waals surface area (Å²) >= 11 is 0. The molecule has 0 amide bonds. The Morgan fingerprint density at radius 1 is 1.00 bits per heavy atom. The van der Waals surface area contributed by atoms with Crippen molar-refractivity contribution >= 4 is 0 Å². The Kier molecular flexibility index (Phi) is 4.14. The lowest BCUT2D eigenvalue weighted by Gasteiger charge is -2.31. The van der Waals surface area contributed by atoms with Crippen LogP contribution in [0.5, 0.6) is 0 Å². The average Bonchev–Trinajstić information content (AvgIpc) is 2.49. The van der Waals surface area contributed by atoms with E-state index in [9.17, 15) is 0 Å². The van der Waals surface area contributed by atoms with Gasteiger partial charge >= 0.3 is 0 Å². The molecule has 0 saturated carbocycles. The fourth-order valence-corrected chi connectivity index (χ4v) is 2.88. The van der Waals surface area contributed by atoms with Crippen LogP contribution in [-0.2, 0) is 6.42 Å². The highest BCUT2D eigenvalue weighted by Crippen LogP contribution is 2.19.